The van der Waals surface area contributed by atoms with Gasteiger partial charge in [-0.25, -0.2) is 0 Å². The van der Waals surface area contributed by atoms with Crippen molar-refractivity contribution >= 4 is 5.91 Å². The van der Waals surface area contributed by atoms with E-state index >= 15 is 0 Å². The molecule has 4 nitrogen and oxygen atoms in total. The van der Waals surface area contributed by atoms with Crippen LogP contribution < -0.4 is 10.6 Å². The van der Waals surface area contributed by atoms with Crippen LogP contribution in [0.1, 0.15) is 20.3 Å². The maximum Gasteiger partial charge on any atom is 0.248 e. The monoisotopic (exact) mass is 188 g/mol. The molecule has 0 aromatic heterocycles. The topological polar surface area (TPSA) is 50.4 Å². The lowest BCUT2D eigenvalue weighted by atomic mass is 10.3. The van der Waals surface area contributed by atoms with Gasteiger partial charge in [0.25, 0.3) is 0 Å². The molecule has 0 spiro atoms. The molecule has 0 saturated carbocycles. The van der Waals surface area contributed by atoms with Crippen molar-refractivity contribution in [2.45, 2.75) is 26.4 Å². The molecule has 1 unspecified atom stereocenters. The highest BCUT2D eigenvalue weighted by Crippen LogP contribution is 1.86. The van der Waals surface area contributed by atoms with Crippen molar-refractivity contribution in [3.8, 4) is 0 Å². The van der Waals surface area contributed by atoms with E-state index in [4.69, 9.17) is 4.74 Å². The van der Waals surface area contributed by atoms with E-state index in [1.54, 1.807) is 6.92 Å². The molecule has 0 radical (unpaired) electrons. The second kappa shape index (κ2) is 8.01. The molecule has 0 saturated heterocycles. The zero-order valence-corrected chi connectivity index (χ0v) is 8.72. The molecule has 13 heavy (non-hydrogen) atoms. The van der Waals surface area contributed by atoms with E-state index in [1.165, 1.54) is 7.11 Å². The lowest BCUT2D eigenvalue weighted by molar-refractivity contribution is -0.130. The molecule has 0 aromatic carbocycles. The van der Waals surface area contributed by atoms with E-state index in [1.807, 2.05) is 0 Å². The van der Waals surface area contributed by atoms with Crippen molar-refractivity contribution in [3.05, 3.63) is 0 Å². The first-order chi connectivity index (χ1) is 6.22. The van der Waals surface area contributed by atoms with Crippen molar-refractivity contribution in [2.24, 2.45) is 0 Å². The largest absolute Gasteiger partial charge is 0.372 e. The highest BCUT2D eigenvalue weighted by atomic mass is 16.5. The summed E-state index contributed by atoms with van der Waals surface area (Å²) in [5.41, 5.74) is 0. The molecule has 0 fully saturated rings. The Balaban J connectivity index is 3.27. The summed E-state index contributed by atoms with van der Waals surface area (Å²) in [6, 6.07) is 0. The van der Waals surface area contributed by atoms with E-state index in [0.29, 0.717) is 6.54 Å². The van der Waals surface area contributed by atoms with Gasteiger partial charge in [-0.3, -0.25) is 4.79 Å². The van der Waals surface area contributed by atoms with Crippen LogP contribution in [-0.2, 0) is 9.53 Å². The number of carbonyl (C=O) groups excluding carboxylic acids is 1. The van der Waals surface area contributed by atoms with Gasteiger partial charge in [0.15, 0.2) is 0 Å². The molecule has 0 aromatic rings. The number of hydrogen-bond donors (Lipinski definition) is 2. The Labute approximate surface area is 80.0 Å². The van der Waals surface area contributed by atoms with E-state index in [0.717, 1.165) is 19.5 Å². The number of carbonyl (C=O) groups is 1. The van der Waals surface area contributed by atoms with E-state index in [2.05, 4.69) is 17.6 Å². The maximum atomic E-state index is 11.2. The molecule has 78 valence electrons. The summed E-state index contributed by atoms with van der Waals surface area (Å²) in [7, 11) is 1.53. The highest BCUT2D eigenvalue weighted by Gasteiger charge is 2.09. The van der Waals surface area contributed by atoms with Crippen LogP contribution in [0.15, 0.2) is 0 Å². The summed E-state index contributed by atoms with van der Waals surface area (Å²) in [5.74, 6) is -0.0426. The molecule has 0 aliphatic carbocycles. The van der Waals surface area contributed by atoms with Gasteiger partial charge >= 0.3 is 0 Å². The molecule has 0 aliphatic heterocycles. The summed E-state index contributed by atoms with van der Waals surface area (Å²) in [6.45, 7) is 6.42. The lowest BCUT2D eigenvalue weighted by Gasteiger charge is -2.10. The Kier molecular flexibility index (Phi) is 7.63. The van der Waals surface area contributed by atoms with E-state index in [9.17, 15) is 4.79 Å². The zero-order chi connectivity index (χ0) is 10.1. The average Bonchev–Trinajstić information content (AvgIpc) is 2.16. The number of amides is 1. The Morgan fingerprint density at radius 1 is 1.46 bits per heavy atom. The van der Waals surface area contributed by atoms with Gasteiger partial charge < -0.3 is 15.4 Å². The van der Waals surface area contributed by atoms with Crippen LogP contribution in [0.4, 0.5) is 0 Å². The van der Waals surface area contributed by atoms with Crippen molar-refractivity contribution < 1.29 is 9.53 Å². The van der Waals surface area contributed by atoms with E-state index < -0.39 is 0 Å². The normalized spacial score (nSPS) is 12.5. The van der Waals surface area contributed by atoms with Gasteiger partial charge in [-0.2, -0.15) is 0 Å². The Hall–Kier alpha value is -0.610. The van der Waals surface area contributed by atoms with Gasteiger partial charge in [0.1, 0.15) is 6.10 Å². The third-order valence-electron chi connectivity index (χ3n) is 1.80. The summed E-state index contributed by atoms with van der Waals surface area (Å²) < 4.78 is 4.86. The first-order valence-corrected chi connectivity index (χ1v) is 4.73. The molecule has 0 bridgehead atoms. The predicted octanol–water partition coefficient (Wildman–Crippen LogP) is 0.137. The first kappa shape index (κ1) is 12.4. The van der Waals surface area contributed by atoms with Crippen molar-refractivity contribution in [1.29, 1.82) is 0 Å². The van der Waals surface area contributed by atoms with Crippen LogP contribution in [0.5, 0.6) is 0 Å². The number of nitrogens with one attached hydrogen (secondary N) is 2. The van der Waals surface area contributed by atoms with E-state index in [-0.39, 0.29) is 12.0 Å². The van der Waals surface area contributed by atoms with Crippen LogP contribution >= 0.6 is 0 Å². The molecule has 2 N–H and O–H groups in total. The van der Waals surface area contributed by atoms with Crippen molar-refractivity contribution in [3.63, 3.8) is 0 Å². The van der Waals surface area contributed by atoms with Crippen LogP contribution in [0.25, 0.3) is 0 Å². The van der Waals surface area contributed by atoms with Gasteiger partial charge in [-0.1, -0.05) is 6.92 Å². The summed E-state index contributed by atoms with van der Waals surface area (Å²) in [6.07, 6.45) is 0.606. The second-order valence-electron chi connectivity index (χ2n) is 2.88. The average molecular weight is 188 g/mol. The van der Waals surface area contributed by atoms with Gasteiger partial charge in [0.05, 0.1) is 0 Å². The minimum absolute atomic E-state index is 0.0426. The number of hydrogen-bond acceptors (Lipinski definition) is 3. The fourth-order valence-electron chi connectivity index (χ4n) is 0.853. The van der Waals surface area contributed by atoms with Crippen LogP contribution in [0.2, 0.25) is 0 Å². The molecular formula is C9H20N2O2. The van der Waals surface area contributed by atoms with Gasteiger partial charge in [-0.15, -0.1) is 0 Å². The minimum Gasteiger partial charge on any atom is -0.372 e. The third-order valence-corrected chi connectivity index (χ3v) is 1.80. The van der Waals surface area contributed by atoms with Crippen LogP contribution in [-0.4, -0.2) is 38.8 Å². The summed E-state index contributed by atoms with van der Waals surface area (Å²) in [5, 5.41) is 5.97. The van der Waals surface area contributed by atoms with Crippen molar-refractivity contribution in [2.75, 3.05) is 26.7 Å². The molecule has 0 rings (SSSR count). The Morgan fingerprint density at radius 2 is 2.15 bits per heavy atom. The lowest BCUT2D eigenvalue weighted by Crippen LogP contribution is -2.35. The van der Waals surface area contributed by atoms with Gasteiger partial charge in [0, 0.05) is 13.7 Å². The molecule has 0 aliphatic rings. The molecule has 0 heterocycles. The Morgan fingerprint density at radius 3 is 2.69 bits per heavy atom. The predicted molar refractivity (Wildman–Crippen MR) is 52.6 cm³/mol. The summed E-state index contributed by atoms with van der Waals surface area (Å²) >= 11 is 0. The number of methoxy groups -OCH3 is 1. The van der Waals surface area contributed by atoms with Crippen molar-refractivity contribution in [1.82, 2.24) is 10.6 Å². The first-order valence-electron chi connectivity index (χ1n) is 4.73. The Bertz CT molecular complexity index is 140. The molecule has 4 heteroatoms. The maximum absolute atomic E-state index is 11.2. The third kappa shape index (κ3) is 6.54. The standard InChI is InChI=1S/C9H20N2O2/c1-4-10-6-5-7-11-9(12)8(2)13-3/h8,10H,4-7H2,1-3H3,(H,11,12). The number of ether oxygens (including phenoxy) is 1. The smallest absolute Gasteiger partial charge is 0.248 e. The summed E-state index contributed by atoms with van der Waals surface area (Å²) in [4.78, 5) is 11.2. The van der Waals surface area contributed by atoms with Gasteiger partial charge in [-0.05, 0) is 26.4 Å². The quantitative estimate of drug-likeness (QED) is 0.559. The van der Waals surface area contributed by atoms with Crippen LogP contribution in [0.3, 0.4) is 0 Å². The molecule has 1 amide bonds. The fraction of sp³-hybridized carbons (Fsp3) is 0.889. The number of rotatable bonds is 7. The molecular weight excluding hydrogens is 168 g/mol. The molecule has 1 atom stereocenters. The fourth-order valence-corrected chi connectivity index (χ4v) is 0.853. The van der Waals surface area contributed by atoms with Gasteiger partial charge in [0.2, 0.25) is 5.91 Å². The SMILES string of the molecule is CCNCCCNC(=O)C(C)OC. The minimum atomic E-state index is -0.348. The zero-order valence-electron chi connectivity index (χ0n) is 8.72. The van der Waals surface area contributed by atoms with Crippen LogP contribution in [0, 0.1) is 0 Å². The second-order valence-corrected chi connectivity index (χ2v) is 2.88. The highest BCUT2D eigenvalue weighted by molar-refractivity contribution is 5.80.